The van der Waals surface area contributed by atoms with Crippen LogP contribution in [0.5, 0.6) is 0 Å². The van der Waals surface area contributed by atoms with E-state index in [4.69, 9.17) is 0 Å². The highest BCUT2D eigenvalue weighted by Crippen LogP contribution is 2.23. The maximum absolute atomic E-state index is 3.41. The van der Waals surface area contributed by atoms with Crippen LogP contribution in [-0.2, 0) is 0 Å². The second kappa shape index (κ2) is 9.38. The number of likely N-dealkylation sites (tertiary alicyclic amines) is 1. The predicted octanol–water partition coefficient (Wildman–Crippen LogP) is 1.71. The number of rotatable bonds is 4. The summed E-state index contributed by atoms with van der Waals surface area (Å²) in [6.07, 6.45) is 1.42. The highest BCUT2D eigenvalue weighted by Gasteiger charge is 2.24. The fourth-order valence-electron chi connectivity index (χ4n) is 2.83. The zero-order valence-corrected chi connectivity index (χ0v) is 13.4. The number of nitrogens with zero attached hydrogens (tertiary/aromatic N) is 2. The van der Waals surface area contributed by atoms with E-state index in [0.717, 1.165) is 11.8 Å². The Morgan fingerprint density at radius 1 is 1.00 bits per heavy atom. The molecule has 1 atom stereocenters. The first-order valence-electron chi connectivity index (χ1n) is 6.91. The van der Waals surface area contributed by atoms with Crippen molar-refractivity contribution in [1.29, 1.82) is 0 Å². The maximum Gasteiger partial charge on any atom is 0.0110 e. The second-order valence-electron chi connectivity index (χ2n) is 5.69. The Balaban J connectivity index is 0.00000144. The van der Waals surface area contributed by atoms with Crippen molar-refractivity contribution in [3.8, 4) is 0 Å². The van der Waals surface area contributed by atoms with Gasteiger partial charge in [0, 0.05) is 45.8 Å². The van der Waals surface area contributed by atoms with Crippen LogP contribution >= 0.6 is 24.8 Å². The van der Waals surface area contributed by atoms with Crippen LogP contribution in [0, 0.1) is 11.8 Å². The van der Waals surface area contributed by atoms with Crippen LogP contribution in [0.25, 0.3) is 0 Å². The van der Waals surface area contributed by atoms with Gasteiger partial charge in [0.05, 0.1) is 0 Å². The first-order valence-corrected chi connectivity index (χ1v) is 6.91. The summed E-state index contributed by atoms with van der Waals surface area (Å²) in [6, 6.07) is 0. The van der Waals surface area contributed by atoms with E-state index in [-0.39, 0.29) is 24.8 Å². The van der Waals surface area contributed by atoms with E-state index in [0.29, 0.717) is 0 Å². The van der Waals surface area contributed by atoms with Gasteiger partial charge in [0.25, 0.3) is 0 Å². The molecule has 0 bridgehead atoms. The summed E-state index contributed by atoms with van der Waals surface area (Å²) < 4.78 is 0. The minimum absolute atomic E-state index is 0. The third-order valence-corrected chi connectivity index (χ3v) is 4.19. The molecule has 0 amide bonds. The average molecular weight is 298 g/mol. The summed E-state index contributed by atoms with van der Waals surface area (Å²) in [6.45, 7) is 14.8. The molecule has 1 unspecified atom stereocenters. The van der Waals surface area contributed by atoms with Crippen molar-refractivity contribution in [3.05, 3.63) is 0 Å². The molecule has 0 radical (unpaired) electrons. The normalized spacial score (nSPS) is 25.8. The number of nitrogens with one attached hydrogen (secondary N) is 1. The van der Waals surface area contributed by atoms with Crippen LogP contribution < -0.4 is 5.32 Å². The van der Waals surface area contributed by atoms with E-state index < -0.39 is 0 Å². The van der Waals surface area contributed by atoms with E-state index in [2.05, 4.69) is 29.0 Å². The Morgan fingerprint density at radius 2 is 1.61 bits per heavy atom. The molecular formula is C13H29Cl2N3. The topological polar surface area (TPSA) is 18.5 Å². The van der Waals surface area contributed by atoms with Gasteiger partial charge in [0.15, 0.2) is 0 Å². The fourth-order valence-corrected chi connectivity index (χ4v) is 2.83. The van der Waals surface area contributed by atoms with Crippen LogP contribution in [0.3, 0.4) is 0 Å². The van der Waals surface area contributed by atoms with Crippen LogP contribution in [0.15, 0.2) is 0 Å². The smallest absolute Gasteiger partial charge is 0.0110 e. The number of halogens is 2. The molecule has 2 aliphatic heterocycles. The standard InChI is InChI=1S/C13H27N3.2ClH/c1-12(2)13-3-6-16(11-13)10-9-15-7-4-14-5-8-15;;/h12-14H,3-11H2,1-2H3;2*1H. The van der Waals surface area contributed by atoms with Gasteiger partial charge < -0.3 is 10.2 Å². The van der Waals surface area contributed by atoms with Crippen LogP contribution in [-0.4, -0.2) is 62.2 Å². The largest absolute Gasteiger partial charge is 0.314 e. The van der Waals surface area contributed by atoms with Gasteiger partial charge in [-0.1, -0.05) is 13.8 Å². The summed E-state index contributed by atoms with van der Waals surface area (Å²) in [7, 11) is 0. The van der Waals surface area contributed by atoms with E-state index >= 15 is 0 Å². The summed E-state index contributed by atoms with van der Waals surface area (Å²) in [4.78, 5) is 5.26. The molecule has 5 heteroatoms. The van der Waals surface area contributed by atoms with Crippen LogP contribution in [0.4, 0.5) is 0 Å². The highest BCUT2D eigenvalue weighted by molar-refractivity contribution is 5.85. The first-order chi connectivity index (χ1) is 7.75. The van der Waals surface area contributed by atoms with Gasteiger partial charge in [0.2, 0.25) is 0 Å². The fraction of sp³-hybridized carbons (Fsp3) is 1.00. The number of hydrogen-bond donors (Lipinski definition) is 1. The molecule has 3 nitrogen and oxygen atoms in total. The molecule has 0 aromatic rings. The summed E-state index contributed by atoms with van der Waals surface area (Å²) in [5, 5.41) is 3.41. The van der Waals surface area contributed by atoms with E-state index in [1.54, 1.807) is 0 Å². The molecule has 2 fully saturated rings. The molecule has 110 valence electrons. The molecule has 18 heavy (non-hydrogen) atoms. The van der Waals surface area contributed by atoms with Crippen molar-refractivity contribution in [2.45, 2.75) is 20.3 Å². The molecule has 1 N–H and O–H groups in total. The van der Waals surface area contributed by atoms with E-state index in [1.165, 1.54) is 58.8 Å². The molecule has 0 spiro atoms. The lowest BCUT2D eigenvalue weighted by Gasteiger charge is -2.29. The van der Waals surface area contributed by atoms with Gasteiger partial charge in [-0.2, -0.15) is 0 Å². The SMILES string of the molecule is CC(C)C1CCN(CCN2CCNCC2)C1.Cl.Cl. The van der Waals surface area contributed by atoms with Gasteiger partial charge in [-0.3, -0.25) is 4.90 Å². The zero-order chi connectivity index (χ0) is 11.4. The third-order valence-electron chi connectivity index (χ3n) is 4.19. The first kappa shape index (κ1) is 18.5. The minimum atomic E-state index is 0. The van der Waals surface area contributed by atoms with Crippen molar-refractivity contribution >= 4 is 24.8 Å². The minimum Gasteiger partial charge on any atom is -0.314 e. The summed E-state index contributed by atoms with van der Waals surface area (Å²) in [5.41, 5.74) is 0. The lowest BCUT2D eigenvalue weighted by Crippen LogP contribution is -2.46. The van der Waals surface area contributed by atoms with Crippen molar-refractivity contribution in [2.24, 2.45) is 11.8 Å². The lowest BCUT2D eigenvalue weighted by atomic mass is 9.95. The Hall–Kier alpha value is 0.460. The Bertz CT molecular complexity index is 208. The molecule has 0 aromatic heterocycles. The quantitative estimate of drug-likeness (QED) is 0.852. The molecule has 0 saturated carbocycles. The second-order valence-corrected chi connectivity index (χ2v) is 5.69. The van der Waals surface area contributed by atoms with Gasteiger partial charge in [-0.25, -0.2) is 0 Å². The number of hydrogen-bond acceptors (Lipinski definition) is 3. The van der Waals surface area contributed by atoms with E-state index in [9.17, 15) is 0 Å². The Labute approximate surface area is 124 Å². The van der Waals surface area contributed by atoms with Crippen LogP contribution in [0.2, 0.25) is 0 Å². The molecule has 2 heterocycles. The Kier molecular flexibility index (Phi) is 9.62. The van der Waals surface area contributed by atoms with Crippen molar-refractivity contribution in [1.82, 2.24) is 15.1 Å². The van der Waals surface area contributed by atoms with E-state index in [1.807, 2.05) is 0 Å². The molecule has 2 saturated heterocycles. The third kappa shape index (κ3) is 5.62. The van der Waals surface area contributed by atoms with Gasteiger partial charge in [0.1, 0.15) is 0 Å². The number of piperazine rings is 1. The van der Waals surface area contributed by atoms with Gasteiger partial charge >= 0.3 is 0 Å². The average Bonchev–Trinajstić information content (AvgIpc) is 2.76. The molecule has 0 aliphatic carbocycles. The van der Waals surface area contributed by atoms with Gasteiger partial charge in [-0.05, 0) is 24.8 Å². The van der Waals surface area contributed by atoms with Gasteiger partial charge in [-0.15, -0.1) is 24.8 Å². The van der Waals surface area contributed by atoms with Crippen molar-refractivity contribution in [2.75, 3.05) is 52.4 Å². The zero-order valence-electron chi connectivity index (χ0n) is 11.7. The lowest BCUT2D eigenvalue weighted by molar-refractivity contribution is 0.200. The predicted molar refractivity (Wildman–Crippen MR) is 83.2 cm³/mol. The summed E-state index contributed by atoms with van der Waals surface area (Å²) >= 11 is 0. The van der Waals surface area contributed by atoms with Crippen molar-refractivity contribution < 1.29 is 0 Å². The maximum atomic E-state index is 3.41. The van der Waals surface area contributed by atoms with Crippen LogP contribution in [0.1, 0.15) is 20.3 Å². The monoisotopic (exact) mass is 297 g/mol. The Morgan fingerprint density at radius 3 is 2.17 bits per heavy atom. The molecule has 2 aliphatic rings. The van der Waals surface area contributed by atoms with Crippen molar-refractivity contribution in [3.63, 3.8) is 0 Å². The molecular weight excluding hydrogens is 269 g/mol. The highest BCUT2D eigenvalue weighted by atomic mass is 35.5. The molecule has 2 rings (SSSR count). The summed E-state index contributed by atoms with van der Waals surface area (Å²) in [5.74, 6) is 1.81. The molecule has 0 aromatic carbocycles.